The second-order valence-corrected chi connectivity index (χ2v) is 25.2. The third-order valence-electron chi connectivity index (χ3n) is 21.3. The highest BCUT2D eigenvalue weighted by Crippen LogP contribution is 2.63. The number of carbonyl (C=O) groups is 2. The Hall–Kier alpha value is -6.11. The summed E-state index contributed by atoms with van der Waals surface area (Å²) in [6, 6.07) is 30.7. The fraction of sp³-hybridized carbons (Fsp3) is 0.500. The molecule has 4 heterocycles. The van der Waals surface area contributed by atoms with Crippen LogP contribution in [0.15, 0.2) is 130 Å². The highest BCUT2D eigenvalue weighted by atomic mass is 16.6. The Bertz CT molecular complexity index is 3360. The zero-order valence-electron chi connectivity index (χ0n) is 47.0. The van der Waals surface area contributed by atoms with E-state index >= 15 is 9.59 Å². The van der Waals surface area contributed by atoms with Crippen LogP contribution in [0.25, 0.3) is 11.0 Å². The molecular formula is C70H78O11. The minimum absolute atomic E-state index is 0.0202. The lowest BCUT2D eigenvalue weighted by Crippen LogP contribution is -2.69. The highest BCUT2D eigenvalue weighted by Gasteiger charge is 2.68. The number of hydrogen-bond acceptors (Lipinski definition) is 11. The molecule has 4 aromatic carbocycles. The van der Waals surface area contributed by atoms with Crippen LogP contribution in [0.2, 0.25) is 0 Å². The molecule has 0 amide bonds. The summed E-state index contributed by atoms with van der Waals surface area (Å²) in [5, 5.41) is 32.5. The Balaban J connectivity index is 0.959. The van der Waals surface area contributed by atoms with Gasteiger partial charge in [-0.15, -0.1) is 0 Å². The van der Waals surface area contributed by atoms with Crippen molar-refractivity contribution in [1.82, 2.24) is 0 Å². The maximum Gasteiger partial charge on any atom is 0.340 e. The molecule has 11 heteroatoms. The summed E-state index contributed by atoms with van der Waals surface area (Å²) >= 11 is 0. The molecule has 3 saturated carbocycles. The molecule has 6 aliphatic carbocycles. The van der Waals surface area contributed by atoms with Crippen molar-refractivity contribution in [3.63, 3.8) is 0 Å². The van der Waals surface area contributed by atoms with E-state index in [1.165, 1.54) is 55.0 Å². The molecule has 14 rings (SSSR count). The molecule has 9 aliphatic rings. The van der Waals surface area contributed by atoms with Crippen molar-refractivity contribution in [3.8, 4) is 5.75 Å². The number of methoxy groups -OCH3 is 1. The normalized spacial score (nSPS) is 32.3. The van der Waals surface area contributed by atoms with Crippen molar-refractivity contribution in [2.45, 2.75) is 157 Å². The molecule has 1 spiro atoms. The smallest absolute Gasteiger partial charge is 0.340 e. The first-order valence-electron chi connectivity index (χ1n) is 30.4. The van der Waals surface area contributed by atoms with Crippen molar-refractivity contribution >= 4 is 22.9 Å². The highest BCUT2D eigenvalue weighted by molar-refractivity contribution is 5.90. The molecule has 0 saturated heterocycles. The number of carbonyl (C=O) groups excluding carboxylic acids is 2. The van der Waals surface area contributed by atoms with Crippen LogP contribution in [-0.2, 0) is 48.7 Å². The first kappa shape index (κ1) is 54.2. The molecule has 3 fully saturated rings. The van der Waals surface area contributed by atoms with Crippen LogP contribution < -0.4 is 10.4 Å². The number of benzene rings is 4. The van der Waals surface area contributed by atoms with Gasteiger partial charge in [-0.25, -0.2) is 9.59 Å². The Kier molecular flexibility index (Phi) is 14.9. The molecule has 13 atom stereocenters. The lowest BCUT2D eigenvalue weighted by atomic mass is 9.50. The van der Waals surface area contributed by atoms with E-state index in [9.17, 15) is 20.1 Å². The molecule has 3 N–H and O–H groups in total. The van der Waals surface area contributed by atoms with Gasteiger partial charge in [0.15, 0.2) is 17.8 Å². The Morgan fingerprint density at radius 2 is 1.65 bits per heavy atom. The summed E-state index contributed by atoms with van der Waals surface area (Å²) in [7, 11) is 1.52. The zero-order chi connectivity index (χ0) is 55.6. The van der Waals surface area contributed by atoms with Crippen molar-refractivity contribution in [3.05, 3.63) is 181 Å². The summed E-state index contributed by atoms with van der Waals surface area (Å²) in [5.74, 6) is -1.00. The summed E-state index contributed by atoms with van der Waals surface area (Å²) < 4.78 is 33.9. The first-order valence-corrected chi connectivity index (χ1v) is 30.4. The molecule has 11 nitrogen and oxygen atoms in total. The predicted molar refractivity (Wildman–Crippen MR) is 309 cm³/mol. The average Bonchev–Trinajstić information content (AvgIpc) is 3.64. The van der Waals surface area contributed by atoms with Gasteiger partial charge in [0, 0.05) is 71.7 Å². The van der Waals surface area contributed by atoms with Gasteiger partial charge in [-0.2, -0.15) is 0 Å². The van der Waals surface area contributed by atoms with Gasteiger partial charge >= 0.3 is 17.6 Å². The van der Waals surface area contributed by atoms with Crippen molar-refractivity contribution < 1.29 is 48.3 Å². The van der Waals surface area contributed by atoms with Crippen molar-refractivity contribution in [2.75, 3.05) is 26.9 Å². The van der Waals surface area contributed by atoms with E-state index in [1.807, 2.05) is 6.07 Å². The van der Waals surface area contributed by atoms with Gasteiger partial charge in [-0.05, 0) is 164 Å². The van der Waals surface area contributed by atoms with E-state index in [0.29, 0.717) is 53.0 Å². The third kappa shape index (κ3) is 9.19. The van der Waals surface area contributed by atoms with Gasteiger partial charge in [-0.3, -0.25) is 4.79 Å². The maximum absolute atomic E-state index is 15.8. The molecule has 3 aliphatic heterocycles. The number of esters is 2. The quantitative estimate of drug-likeness (QED) is 0.0557. The van der Waals surface area contributed by atoms with Crippen LogP contribution in [-0.4, -0.2) is 65.9 Å². The van der Waals surface area contributed by atoms with Gasteiger partial charge in [0.05, 0.1) is 25.4 Å². The number of allylic oxidation sites excluding steroid dienone is 3. The summed E-state index contributed by atoms with van der Waals surface area (Å²) in [6.07, 6.45) is 20.3. The second-order valence-electron chi connectivity index (χ2n) is 25.2. The van der Waals surface area contributed by atoms with Crippen LogP contribution in [0.3, 0.4) is 0 Å². The third-order valence-corrected chi connectivity index (χ3v) is 21.3. The van der Waals surface area contributed by atoms with Crippen LogP contribution in [0.4, 0.5) is 0 Å². The lowest BCUT2D eigenvalue weighted by molar-refractivity contribution is -0.234. The fourth-order valence-corrected chi connectivity index (χ4v) is 17.6. The first-order chi connectivity index (χ1) is 39.6. The van der Waals surface area contributed by atoms with Gasteiger partial charge in [0.1, 0.15) is 11.3 Å². The Labute approximate surface area is 475 Å². The maximum atomic E-state index is 15.8. The Morgan fingerprint density at radius 3 is 2.48 bits per heavy atom. The average molecular weight is 1100 g/mol. The van der Waals surface area contributed by atoms with Crippen molar-refractivity contribution in [2.24, 2.45) is 35.5 Å². The van der Waals surface area contributed by atoms with E-state index in [1.54, 1.807) is 13.0 Å². The number of aliphatic hydroxyl groups is 3. The standard InChI is InChI=1S/C70H78O11/c1-41(38-72)54-28-18-42-16-19-43(20-17-42)55-29-24-48(47-12-8-14-53(36-47)69-33-6-5-13-51(69)25-21-44-9-3-4-15-58(44)69)35-50(55)37-60(74)78-65-62-59(31-30-56-57(39-73)61(68(76)79-64(56)62)49(32-34-71)40-77-2)81-70(66(65)80-67(54)75)52-26-22-45-10-7-11-46(23-27-52)63(45)70/h3-4,8-9,12,14-17,19-20,22,24,26,29-31,36,45-46,48-52,55,63,65-66,71-73H,5-7,10-11,13,18,21,23,25,27-28,32-35,37-40H2,1-2H3/b54-41-/t45-,46+,48+,49-,50-,51-,52-,55+,63+,65-,66+,69-,70+/m1/s1. The molecule has 1 aromatic heterocycles. The van der Waals surface area contributed by atoms with Crippen LogP contribution >= 0.6 is 0 Å². The van der Waals surface area contributed by atoms with Gasteiger partial charge < -0.3 is 38.7 Å². The minimum atomic E-state index is -1.31. The molecular weight excluding hydrogens is 1020 g/mol. The minimum Gasteiger partial charge on any atom is -0.482 e. The van der Waals surface area contributed by atoms with E-state index in [4.69, 9.17) is 23.4 Å². The monoisotopic (exact) mass is 1090 g/mol. The van der Waals surface area contributed by atoms with Gasteiger partial charge in [-0.1, -0.05) is 116 Å². The van der Waals surface area contributed by atoms with Crippen LogP contribution in [0.1, 0.15) is 171 Å². The fourth-order valence-electron chi connectivity index (χ4n) is 17.6. The summed E-state index contributed by atoms with van der Waals surface area (Å²) in [4.78, 5) is 45.9. The molecule has 4 bridgehead atoms. The zero-order valence-corrected chi connectivity index (χ0v) is 47.0. The molecule has 5 aromatic rings. The summed E-state index contributed by atoms with van der Waals surface area (Å²) in [6.45, 7) is 0.749. The SMILES string of the molecule is COC[C@@H](CCO)c1c(CO)c2ccc3c(c2oc1=O)[C@H]1OC(=O)C[C@H]2C[C@@H](c4cccc([C@@]56CCCC[C@@H]5CCc5ccccc56)c4)C=C[C@H]2c2ccc(cc2)CC/C(=C(\C)CO)C(=O)O[C@@H]1[C@@]1(O3)[C@@H]2[C@H]3CCC[C@@H]2C=C[C@@H]1CC3. The molecule has 0 radical (unpaired) electrons. The topological polar surface area (TPSA) is 162 Å². The lowest BCUT2D eigenvalue weighted by Gasteiger charge is -2.62. The van der Waals surface area contributed by atoms with E-state index in [0.717, 1.165) is 56.1 Å². The van der Waals surface area contributed by atoms with E-state index in [-0.39, 0.29) is 96.2 Å². The number of fused-ring (bicyclic) bond motifs is 14. The molecule has 0 unspecified atom stereocenters. The van der Waals surface area contributed by atoms with Gasteiger partial charge in [0.25, 0.3) is 0 Å². The largest absolute Gasteiger partial charge is 0.482 e. The summed E-state index contributed by atoms with van der Waals surface area (Å²) in [5.41, 5.74) is 7.46. The van der Waals surface area contributed by atoms with E-state index < -0.39 is 47.9 Å². The number of aliphatic hydroxyl groups excluding tert-OH is 3. The van der Waals surface area contributed by atoms with Crippen LogP contribution in [0.5, 0.6) is 5.75 Å². The Morgan fingerprint density at radius 1 is 0.790 bits per heavy atom. The predicted octanol–water partition coefficient (Wildman–Crippen LogP) is 12.2. The number of hydrogen-bond donors (Lipinski definition) is 3. The van der Waals surface area contributed by atoms with Crippen molar-refractivity contribution in [1.29, 1.82) is 0 Å². The number of ether oxygens (including phenoxy) is 4. The molecule has 81 heavy (non-hydrogen) atoms. The van der Waals surface area contributed by atoms with E-state index in [2.05, 4.69) is 97.1 Å². The molecule has 424 valence electrons. The number of rotatable bonds is 9. The number of aryl methyl sites for hydroxylation is 2. The second kappa shape index (κ2) is 22.2. The van der Waals surface area contributed by atoms with Gasteiger partial charge in [0.2, 0.25) is 0 Å². The van der Waals surface area contributed by atoms with Crippen LogP contribution in [0, 0.1) is 35.5 Å².